The van der Waals surface area contributed by atoms with Gasteiger partial charge in [-0.05, 0) is 48.0 Å². The van der Waals surface area contributed by atoms with Crippen LogP contribution in [0.25, 0.3) is 0 Å². The number of carbonyl (C=O) groups is 7. The number of hydrogen-bond donors (Lipinski definition) is 2. The summed E-state index contributed by atoms with van der Waals surface area (Å²) in [5.74, 6) is -1.13. The largest absolute Gasteiger partial charge is 0.444 e. The van der Waals surface area contributed by atoms with Gasteiger partial charge in [0.1, 0.15) is 17.5 Å². The first-order valence-corrected chi connectivity index (χ1v) is 13.7. The molecule has 230 valence electrons. The van der Waals surface area contributed by atoms with Crippen molar-refractivity contribution in [3.8, 4) is 0 Å². The zero-order chi connectivity index (χ0) is 32.4. The lowest BCUT2D eigenvalue weighted by Crippen LogP contribution is -2.34. The van der Waals surface area contributed by atoms with E-state index in [-0.39, 0.29) is 49.1 Å². The quantitative estimate of drug-likeness (QED) is 0.367. The van der Waals surface area contributed by atoms with Gasteiger partial charge in [-0.3, -0.25) is 19.2 Å². The van der Waals surface area contributed by atoms with Crippen molar-refractivity contribution < 1.29 is 43.0 Å². The highest BCUT2D eigenvalue weighted by molar-refractivity contribution is 6.26. The van der Waals surface area contributed by atoms with E-state index in [1.54, 1.807) is 90.1 Å². The van der Waals surface area contributed by atoms with Gasteiger partial charge in [-0.2, -0.15) is 0 Å². The van der Waals surface area contributed by atoms with Crippen molar-refractivity contribution >= 4 is 41.6 Å². The number of benzene rings is 2. The molecule has 0 saturated heterocycles. The van der Waals surface area contributed by atoms with Crippen molar-refractivity contribution in [1.82, 2.24) is 10.6 Å². The average molecular weight is 595 g/mol. The second-order valence-corrected chi connectivity index (χ2v) is 11.7. The minimum absolute atomic E-state index is 0.00505. The molecule has 4 rings (SSSR count). The summed E-state index contributed by atoms with van der Waals surface area (Å²) in [5, 5.41) is 4.83. The summed E-state index contributed by atoms with van der Waals surface area (Å²) < 4.78 is 9.93. The summed E-state index contributed by atoms with van der Waals surface area (Å²) >= 11 is 0. The molecule has 11 nitrogen and oxygen atoms in total. The van der Waals surface area contributed by atoms with Crippen LogP contribution in [0, 0.1) is 5.92 Å². The number of ether oxygens (including phenoxy) is 2. The number of fused-ring (bicyclic) bond motifs is 2. The summed E-state index contributed by atoms with van der Waals surface area (Å²) in [6.45, 7) is 10.8. The maximum atomic E-state index is 12.1. The average Bonchev–Trinajstić information content (AvgIpc) is 3.34. The van der Waals surface area contributed by atoms with E-state index in [4.69, 9.17) is 9.47 Å². The van der Waals surface area contributed by atoms with Crippen LogP contribution in [-0.4, -0.2) is 65.9 Å². The Morgan fingerprint density at radius 1 is 0.721 bits per heavy atom. The van der Waals surface area contributed by atoms with Gasteiger partial charge in [0.05, 0.1) is 18.9 Å². The van der Waals surface area contributed by atoms with Crippen molar-refractivity contribution in [1.29, 1.82) is 0 Å². The standard InChI is InChI=1S/C16H19NO4.C9H6O2.C7H13NO3/c1-16(2,3)21-15(20)17-9-8-12-13(18)10-6-4-5-7-11(10)14(12)19;10-8-5-9(11)7-4-2-1-3-6(7)8;1-7(2,3)11-6(10)8-4-5-9/h4-7,12H,8-9H2,1-3H3,(H,17,20);1-4H,5H2;5H,4H2,1-3H3,(H,8,10). The summed E-state index contributed by atoms with van der Waals surface area (Å²) in [6.07, 6.45) is -0.169. The molecule has 0 saturated carbocycles. The number of amides is 2. The molecule has 0 atom stereocenters. The van der Waals surface area contributed by atoms with Gasteiger partial charge in [-0.25, -0.2) is 9.59 Å². The molecule has 0 unspecified atom stereocenters. The Labute approximate surface area is 250 Å². The Hall–Kier alpha value is -4.67. The fourth-order valence-corrected chi connectivity index (χ4v) is 4.05. The van der Waals surface area contributed by atoms with E-state index in [0.29, 0.717) is 28.5 Å². The van der Waals surface area contributed by atoms with Crippen LogP contribution in [0.15, 0.2) is 48.5 Å². The summed E-state index contributed by atoms with van der Waals surface area (Å²) in [6, 6.07) is 13.8. The fourth-order valence-electron chi connectivity index (χ4n) is 4.05. The van der Waals surface area contributed by atoms with Gasteiger partial charge >= 0.3 is 12.2 Å². The smallest absolute Gasteiger partial charge is 0.408 e. The monoisotopic (exact) mass is 594 g/mol. The van der Waals surface area contributed by atoms with Gasteiger partial charge in [0.25, 0.3) is 0 Å². The molecular formula is C32H38N2O9. The SMILES string of the molecule is CC(C)(C)OC(=O)NCC=O.CC(C)(C)OC(=O)NCCC1C(=O)c2ccccc2C1=O.O=C1CC(=O)c2ccccc21. The van der Waals surface area contributed by atoms with Crippen molar-refractivity contribution in [2.45, 2.75) is 65.6 Å². The van der Waals surface area contributed by atoms with Crippen LogP contribution in [0.4, 0.5) is 9.59 Å². The van der Waals surface area contributed by atoms with Gasteiger partial charge in [-0.15, -0.1) is 0 Å². The topological polar surface area (TPSA) is 162 Å². The Morgan fingerprint density at radius 3 is 1.51 bits per heavy atom. The van der Waals surface area contributed by atoms with Crippen LogP contribution >= 0.6 is 0 Å². The number of nitrogens with one attached hydrogen (secondary N) is 2. The molecule has 0 aliphatic heterocycles. The molecule has 2 amide bonds. The predicted octanol–water partition coefficient (Wildman–Crippen LogP) is 4.76. The number of hydrogen-bond acceptors (Lipinski definition) is 9. The molecule has 2 aliphatic carbocycles. The second kappa shape index (κ2) is 15.0. The number of rotatable bonds is 5. The van der Waals surface area contributed by atoms with Crippen LogP contribution in [0.2, 0.25) is 0 Å². The molecule has 0 fully saturated rings. The molecule has 0 heterocycles. The highest BCUT2D eigenvalue weighted by Gasteiger charge is 2.37. The lowest BCUT2D eigenvalue weighted by atomic mass is 10.00. The van der Waals surface area contributed by atoms with Crippen molar-refractivity contribution in [3.05, 3.63) is 70.8 Å². The van der Waals surface area contributed by atoms with E-state index < -0.39 is 29.3 Å². The molecule has 2 aliphatic rings. The van der Waals surface area contributed by atoms with Crippen LogP contribution in [0.3, 0.4) is 0 Å². The summed E-state index contributed by atoms with van der Waals surface area (Å²) in [4.78, 5) is 78.4. The minimum Gasteiger partial charge on any atom is -0.444 e. The van der Waals surface area contributed by atoms with E-state index in [2.05, 4.69) is 10.6 Å². The third kappa shape index (κ3) is 10.9. The Morgan fingerprint density at radius 2 is 1.12 bits per heavy atom. The van der Waals surface area contributed by atoms with Crippen LogP contribution in [0.1, 0.15) is 95.8 Å². The molecule has 2 aromatic rings. The number of carbonyl (C=O) groups excluding carboxylic acids is 7. The summed E-state index contributed by atoms with van der Waals surface area (Å²) in [5.41, 5.74) is 1.04. The number of alkyl carbamates (subject to hydrolysis) is 2. The first kappa shape index (κ1) is 34.5. The first-order chi connectivity index (χ1) is 20.0. The van der Waals surface area contributed by atoms with E-state index in [9.17, 15) is 33.6 Å². The van der Waals surface area contributed by atoms with E-state index in [1.807, 2.05) is 0 Å². The molecule has 0 spiro atoms. The number of ketones is 4. The molecule has 0 bridgehead atoms. The Kier molecular flexibility index (Phi) is 12.0. The highest BCUT2D eigenvalue weighted by Crippen LogP contribution is 2.28. The van der Waals surface area contributed by atoms with Gasteiger partial charge < -0.3 is 24.9 Å². The van der Waals surface area contributed by atoms with Gasteiger partial charge in [0, 0.05) is 28.8 Å². The fraction of sp³-hybridized carbons (Fsp3) is 0.406. The zero-order valence-electron chi connectivity index (χ0n) is 25.3. The van der Waals surface area contributed by atoms with Crippen molar-refractivity contribution in [3.63, 3.8) is 0 Å². The lowest BCUT2D eigenvalue weighted by molar-refractivity contribution is -0.107. The van der Waals surface area contributed by atoms with Crippen molar-refractivity contribution in [2.24, 2.45) is 5.92 Å². The number of aldehydes is 1. The lowest BCUT2D eigenvalue weighted by Gasteiger charge is -2.19. The third-order valence-corrected chi connectivity index (χ3v) is 5.77. The summed E-state index contributed by atoms with van der Waals surface area (Å²) in [7, 11) is 0. The zero-order valence-corrected chi connectivity index (χ0v) is 25.3. The molecule has 0 radical (unpaired) electrons. The van der Waals surface area contributed by atoms with Crippen LogP contribution in [0.5, 0.6) is 0 Å². The maximum absolute atomic E-state index is 12.1. The normalized spacial score (nSPS) is 13.9. The van der Waals surface area contributed by atoms with E-state index in [0.717, 1.165) is 0 Å². The minimum atomic E-state index is -0.697. The van der Waals surface area contributed by atoms with Gasteiger partial charge in [-0.1, -0.05) is 48.5 Å². The van der Waals surface area contributed by atoms with Crippen LogP contribution < -0.4 is 10.6 Å². The number of Topliss-reactive ketones (excluding diaryl/α,β-unsaturated/α-hetero) is 4. The van der Waals surface area contributed by atoms with E-state index in [1.165, 1.54) is 0 Å². The highest BCUT2D eigenvalue weighted by atomic mass is 16.6. The maximum Gasteiger partial charge on any atom is 0.408 e. The molecule has 11 heteroatoms. The third-order valence-electron chi connectivity index (χ3n) is 5.77. The Bertz CT molecular complexity index is 1320. The predicted molar refractivity (Wildman–Crippen MR) is 157 cm³/mol. The van der Waals surface area contributed by atoms with Gasteiger partial charge in [0.2, 0.25) is 0 Å². The second-order valence-electron chi connectivity index (χ2n) is 11.7. The van der Waals surface area contributed by atoms with E-state index >= 15 is 0 Å². The first-order valence-electron chi connectivity index (χ1n) is 13.7. The molecule has 2 N–H and O–H groups in total. The molecule has 2 aromatic carbocycles. The molecular weight excluding hydrogens is 556 g/mol. The van der Waals surface area contributed by atoms with Crippen molar-refractivity contribution in [2.75, 3.05) is 13.1 Å². The van der Waals surface area contributed by atoms with Gasteiger partial charge in [0.15, 0.2) is 23.1 Å². The molecule has 43 heavy (non-hydrogen) atoms. The molecule has 0 aromatic heterocycles. The van der Waals surface area contributed by atoms with Crippen LogP contribution in [-0.2, 0) is 14.3 Å². The Balaban J connectivity index is 0.000000247.